The highest BCUT2D eigenvalue weighted by atomic mass is 19.4. The fourth-order valence-electron chi connectivity index (χ4n) is 0.533. The van der Waals surface area contributed by atoms with Gasteiger partial charge in [-0.15, -0.1) is 4.91 Å². The van der Waals surface area contributed by atoms with E-state index in [1.807, 2.05) is 0 Å². The van der Waals surface area contributed by atoms with Gasteiger partial charge in [0.05, 0.1) is 0 Å². The first kappa shape index (κ1) is 12.1. The van der Waals surface area contributed by atoms with Crippen LogP contribution >= 0.6 is 0 Å². The summed E-state index contributed by atoms with van der Waals surface area (Å²) in [5.74, 6) is 0. The lowest BCUT2D eigenvalue weighted by atomic mass is 10.00. The standard InChI is InChI=1S/C4H4F6N2O/c5-3(6,7)2(1-11,12-13)4(8,9)10/h1,11H2. The van der Waals surface area contributed by atoms with Crippen LogP contribution in [0.3, 0.4) is 0 Å². The minimum absolute atomic E-state index is 1.06. The molecule has 2 N–H and O–H groups in total. The molecule has 9 heteroatoms. The summed E-state index contributed by atoms with van der Waals surface area (Å²) < 4.78 is 70.7. The Morgan fingerprint density at radius 1 is 1.00 bits per heavy atom. The minimum Gasteiger partial charge on any atom is -0.327 e. The summed E-state index contributed by atoms with van der Waals surface area (Å²) in [6.45, 7) is -1.95. The van der Waals surface area contributed by atoms with Crippen LogP contribution in [0.1, 0.15) is 0 Å². The fourth-order valence-corrected chi connectivity index (χ4v) is 0.533. The summed E-state index contributed by atoms with van der Waals surface area (Å²) in [6, 6.07) is 0. The van der Waals surface area contributed by atoms with Crippen molar-refractivity contribution in [1.82, 2.24) is 0 Å². The third kappa shape index (κ3) is 1.74. The van der Waals surface area contributed by atoms with Gasteiger partial charge < -0.3 is 5.73 Å². The van der Waals surface area contributed by atoms with Crippen molar-refractivity contribution >= 4 is 0 Å². The molecule has 0 bridgehead atoms. The van der Waals surface area contributed by atoms with E-state index in [1.165, 1.54) is 0 Å². The number of nitrogens with zero attached hydrogens (tertiary/aromatic N) is 1. The van der Waals surface area contributed by atoms with Crippen LogP contribution in [0.2, 0.25) is 0 Å². The van der Waals surface area contributed by atoms with Crippen LogP contribution in [-0.2, 0) is 0 Å². The van der Waals surface area contributed by atoms with Crippen molar-refractivity contribution in [3.8, 4) is 0 Å². The molecule has 0 saturated carbocycles. The second kappa shape index (κ2) is 3.13. The van der Waals surface area contributed by atoms with Crippen LogP contribution in [0.5, 0.6) is 0 Å². The summed E-state index contributed by atoms with van der Waals surface area (Å²) in [7, 11) is 0. The van der Waals surface area contributed by atoms with Gasteiger partial charge in [-0.3, -0.25) is 0 Å². The van der Waals surface area contributed by atoms with Crippen molar-refractivity contribution in [1.29, 1.82) is 0 Å². The maximum atomic E-state index is 11.8. The lowest BCUT2D eigenvalue weighted by Crippen LogP contribution is -2.59. The van der Waals surface area contributed by atoms with E-state index in [2.05, 4.69) is 5.73 Å². The van der Waals surface area contributed by atoms with Gasteiger partial charge in [-0.25, -0.2) is 0 Å². The Bertz CT molecular complexity index is 182. The first-order valence-corrected chi connectivity index (χ1v) is 2.80. The molecule has 0 spiro atoms. The summed E-state index contributed by atoms with van der Waals surface area (Å²) in [6.07, 6.45) is -11.7. The zero-order valence-electron chi connectivity index (χ0n) is 5.91. The van der Waals surface area contributed by atoms with E-state index in [0.717, 1.165) is 5.18 Å². The second-order valence-electron chi connectivity index (χ2n) is 2.15. The SMILES string of the molecule is NCC(N=O)(C(F)(F)F)C(F)(F)F. The maximum absolute atomic E-state index is 11.8. The smallest absolute Gasteiger partial charge is 0.327 e. The van der Waals surface area contributed by atoms with Crippen molar-refractivity contribution in [3.63, 3.8) is 0 Å². The van der Waals surface area contributed by atoms with E-state index in [0.29, 0.717) is 0 Å². The van der Waals surface area contributed by atoms with Crippen LogP contribution in [0.25, 0.3) is 0 Å². The quantitative estimate of drug-likeness (QED) is 0.555. The van der Waals surface area contributed by atoms with E-state index in [-0.39, 0.29) is 0 Å². The molecule has 0 unspecified atom stereocenters. The molecule has 0 aliphatic carbocycles. The molecule has 0 atom stereocenters. The van der Waals surface area contributed by atoms with Crippen LogP contribution in [0.4, 0.5) is 26.3 Å². The zero-order valence-corrected chi connectivity index (χ0v) is 5.91. The Kier molecular flexibility index (Phi) is 2.92. The predicted molar refractivity (Wildman–Crippen MR) is 29.7 cm³/mol. The van der Waals surface area contributed by atoms with Crippen molar-refractivity contribution in [3.05, 3.63) is 4.91 Å². The van der Waals surface area contributed by atoms with Gasteiger partial charge in [0.2, 0.25) is 0 Å². The number of rotatable bonds is 2. The molecule has 0 aromatic heterocycles. The summed E-state index contributed by atoms with van der Waals surface area (Å²) in [5.41, 5.74) is -0.438. The number of nitrogens with two attached hydrogens (primary N) is 1. The highest BCUT2D eigenvalue weighted by molar-refractivity contribution is 5.02. The van der Waals surface area contributed by atoms with Crippen molar-refractivity contribution in [2.24, 2.45) is 10.9 Å². The van der Waals surface area contributed by atoms with Gasteiger partial charge in [-0.1, -0.05) is 0 Å². The largest absolute Gasteiger partial charge is 0.427 e. The molecule has 0 aromatic carbocycles. The molecule has 13 heavy (non-hydrogen) atoms. The van der Waals surface area contributed by atoms with Crippen LogP contribution in [0, 0.1) is 4.91 Å². The maximum Gasteiger partial charge on any atom is 0.427 e. The molecule has 0 heterocycles. The highest BCUT2D eigenvalue weighted by Gasteiger charge is 2.72. The van der Waals surface area contributed by atoms with E-state index in [4.69, 9.17) is 0 Å². The van der Waals surface area contributed by atoms with Gasteiger partial charge in [0, 0.05) is 6.54 Å². The van der Waals surface area contributed by atoms with Crippen LogP contribution in [0.15, 0.2) is 5.18 Å². The fraction of sp³-hybridized carbons (Fsp3) is 1.00. The van der Waals surface area contributed by atoms with Crippen molar-refractivity contribution < 1.29 is 26.3 Å². The molecule has 0 rings (SSSR count). The predicted octanol–water partition coefficient (Wildman–Crippen LogP) is 1.57. The number of alkyl halides is 6. The van der Waals surface area contributed by atoms with Gasteiger partial charge in [-0.2, -0.15) is 26.3 Å². The topological polar surface area (TPSA) is 55.4 Å². The lowest BCUT2D eigenvalue weighted by Gasteiger charge is -2.28. The molecule has 78 valence electrons. The molecular weight excluding hydrogens is 206 g/mol. The summed E-state index contributed by atoms with van der Waals surface area (Å²) >= 11 is 0. The first-order valence-electron chi connectivity index (χ1n) is 2.80. The Balaban J connectivity index is 5.30. The Labute approximate surface area is 67.9 Å². The average Bonchev–Trinajstić information content (AvgIpc) is 1.84. The molecule has 0 radical (unpaired) electrons. The average molecular weight is 210 g/mol. The molecule has 0 aliphatic heterocycles. The number of halogens is 6. The van der Waals surface area contributed by atoms with Crippen LogP contribution < -0.4 is 5.73 Å². The zero-order chi connectivity index (χ0) is 10.9. The molecule has 3 nitrogen and oxygen atoms in total. The normalized spacial score (nSPS) is 14.4. The minimum atomic E-state index is -5.83. The van der Waals surface area contributed by atoms with E-state index in [1.54, 1.807) is 0 Å². The van der Waals surface area contributed by atoms with E-state index >= 15 is 0 Å². The van der Waals surface area contributed by atoms with E-state index < -0.39 is 24.4 Å². The summed E-state index contributed by atoms with van der Waals surface area (Å²) in [5, 5.41) is 1.06. The number of nitroso groups, excluding NO2 is 1. The van der Waals surface area contributed by atoms with E-state index in [9.17, 15) is 31.2 Å². The number of hydrogen-bond donors (Lipinski definition) is 1. The van der Waals surface area contributed by atoms with Crippen LogP contribution in [-0.4, -0.2) is 24.4 Å². The first-order chi connectivity index (χ1) is 5.62. The molecular formula is C4H4F6N2O. The lowest BCUT2D eigenvalue weighted by molar-refractivity contribution is -0.291. The Hall–Kier alpha value is -0.860. The van der Waals surface area contributed by atoms with Gasteiger partial charge in [0.15, 0.2) is 0 Å². The molecule has 0 amide bonds. The summed E-state index contributed by atoms with van der Waals surface area (Å²) in [4.78, 5) is 9.58. The Morgan fingerprint density at radius 2 is 1.31 bits per heavy atom. The molecule has 0 aliphatic rings. The van der Waals surface area contributed by atoms with Gasteiger partial charge in [0.1, 0.15) is 0 Å². The molecule has 0 aromatic rings. The molecule has 0 fully saturated rings. The van der Waals surface area contributed by atoms with Crippen molar-refractivity contribution in [2.45, 2.75) is 17.9 Å². The van der Waals surface area contributed by atoms with Gasteiger partial charge in [0.25, 0.3) is 0 Å². The third-order valence-corrected chi connectivity index (χ3v) is 1.39. The highest BCUT2D eigenvalue weighted by Crippen LogP contribution is 2.44. The van der Waals surface area contributed by atoms with Gasteiger partial charge >= 0.3 is 17.9 Å². The van der Waals surface area contributed by atoms with Gasteiger partial charge in [-0.05, 0) is 5.18 Å². The second-order valence-corrected chi connectivity index (χ2v) is 2.15. The van der Waals surface area contributed by atoms with Crippen molar-refractivity contribution in [2.75, 3.05) is 6.54 Å². The monoisotopic (exact) mass is 210 g/mol. The molecule has 0 saturated heterocycles. The Morgan fingerprint density at radius 3 is 1.31 bits per heavy atom. The number of hydrogen-bond acceptors (Lipinski definition) is 3. The third-order valence-electron chi connectivity index (χ3n) is 1.39.